The highest BCUT2D eigenvalue weighted by Gasteiger charge is 2.06. The van der Waals surface area contributed by atoms with E-state index in [4.69, 9.17) is 0 Å². The highest BCUT2D eigenvalue weighted by Crippen LogP contribution is 2.16. The molecule has 0 atom stereocenters. The standard InChI is InChI=1S/C12H8FN3/c13-9-6-7-12-11(8-9)14-15-16(12)10-4-2-1-3-5-10/h1-8H. The van der Waals surface area contributed by atoms with Gasteiger partial charge in [-0.25, -0.2) is 9.07 Å². The first-order valence-corrected chi connectivity index (χ1v) is 4.91. The summed E-state index contributed by atoms with van der Waals surface area (Å²) in [4.78, 5) is 0. The van der Waals surface area contributed by atoms with Crippen molar-refractivity contribution in [1.29, 1.82) is 0 Å². The number of hydrogen-bond acceptors (Lipinski definition) is 2. The average Bonchev–Trinajstić information content (AvgIpc) is 2.73. The fourth-order valence-corrected chi connectivity index (χ4v) is 1.66. The number of hydrogen-bond donors (Lipinski definition) is 0. The first kappa shape index (κ1) is 9.03. The Kier molecular flexibility index (Phi) is 1.93. The quantitative estimate of drug-likeness (QED) is 0.622. The molecule has 0 aliphatic rings. The SMILES string of the molecule is Fc1ccc2c(c1)nnn2-c1ccccc1. The van der Waals surface area contributed by atoms with Crippen molar-refractivity contribution in [2.45, 2.75) is 0 Å². The summed E-state index contributed by atoms with van der Waals surface area (Å²) in [6, 6.07) is 14.1. The minimum atomic E-state index is -0.299. The van der Waals surface area contributed by atoms with E-state index < -0.39 is 0 Å². The van der Waals surface area contributed by atoms with Gasteiger partial charge in [-0.2, -0.15) is 0 Å². The van der Waals surface area contributed by atoms with E-state index in [1.807, 2.05) is 30.3 Å². The van der Waals surface area contributed by atoms with Gasteiger partial charge in [-0.1, -0.05) is 23.4 Å². The van der Waals surface area contributed by atoms with Crippen LogP contribution in [-0.4, -0.2) is 15.0 Å². The summed E-state index contributed by atoms with van der Waals surface area (Å²) in [5.74, 6) is -0.299. The average molecular weight is 213 g/mol. The van der Waals surface area contributed by atoms with E-state index in [1.54, 1.807) is 10.7 Å². The Labute approximate surface area is 91.1 Å². The van der Waals surface area contributed by atoms with E-state index >= 15 is 0 Å². The first-order valence-electron chi connectivity index (χ1n) is 4.91. The van der Waals surface area contributed by atoms with Gasteiger partial charge in [0.05, 0.1) is 11.2 Å². The third-order valence-corrected chi connectivity index (χ3v) is 2.41. The summed E-state index contributed by atoms with van der Waals surface area (Å²) in [5, 5.41) is 7.94. The molecule has 0 spiro atoms. The van der Waals surface area contributed by atoms with E-state index in [1.165, 1.54) is 12.1 Å². The molecule has 0 amide bonds. The zero-order valence-corrected chi connectivity index (χ0v) is 8.34. The summed E-state index contributed by atoms with van der Waals surface area (Å²) in [7, 11) is 0. The highest BCUT2D eigenvalue weighted by atomic mass is 19.1. The Morgan fingerprint density at radius 1 is 1.00 bits per heavy atom. The minimum absolute atomic E-state index is 0.299. The zero-order chi connectivity index (χ0) is 11.0. The van der Waals surface area contributed by atoms with Crippen molar-refractivity contribution in [2.24, 2.45) is 0 Å². The minimum Gasteiger partial charge on any atom is -0.213 e. The lowest BCUT2D eigenvalue weighted by Crippen LogP contribution is -1.95. The monoisotopic (exact) mass is 213 g/mol. The first-order chi connectivity index (χ1) is 7.84. The van der Waals surface area contributed by atoms with Gasteiger partial charge >= 0.3 is 0 Å². The molecule has 0 aliphatic heterocycles. The van der Waals surface area contributed by atoms with E-state index in [0.717, 1.165) is 11.2 Å². The van der Waals surface area contributed by atoms with Crippen LogP contribution in [0, 0.1) is 5.82 Å². The molecule has 0 radical (unpaired) electrons. The number of fused-ring (bicyclic) bond motifs is 1. The van der Waals surface area contributed by atoms with Crippen LogP contribution in [0.15, 0.2) is 48.5 Å². The molecule has 16 heavy (non-hydrogen) atoms. The molecule has 2 aromatic carbocycles. The summed E-state index contributed by atoms with van der Waals surface area (Å²) >= 11 is 0. The Morgan fingerprint density at radius 3 is 2.62 bits per heavy atom. The van der Waals surface area contributed by atoms with Crippen molar-refractivity contribution in [3.8, 4) is 5.69 Å². The largest absolute Gasteiger partial charge is 0.213 e. The fraction of sp³-hybridized carbons (Fsp3) is 0. The molecule has 78 valence electrons. The summed E-state index contributed by atoms with van der Waals surface area (Å²) in [6.45, 7) is 0. The Hall–Kier alpha value is -2.23. The Balaban J connectivity index is 2.26. The lowest BCUT2D eigenvalue weighted by atomic mass is 10.3. The van der Waals surface area contributed by atoms with Gasteiger partial charge in [-0.3, -0.25) is 0 Å². The van der Waals surface area contributed by atoms with Crippen molar-refractivity contribution in [3.05, 3.63) is 54.3 Å². The van der Waals surface area contributed by atoms with Gasteiger partial charge < -0.3 is 0 Å². The van der Waals surface area contributed by atoms with Gasteiger partial charge in [0.2, 0.25) is 0 Å². The smallest absolute Gasteiger partial charge is 0.125 e. The van der Waals surface area contributed by atoms with Crippen LogP contribution >= 0.6 is 0 Å². The zero-order valence-electron chi connectivity index (χ0n) is 8.34. The predicted molar refractivity (Wildman–Crippen MR) is 58.8 cm³/mol. The van der Waals surface area contributed by atoms with E-state index in [2.05, 4.69) is 10.3 Å². The molecule has 0 fully saturated rings. The lowest BCUT2D eigenvalue weighted by Gasteiger charge is -2.00. The maximum Gasteiger partial charge on any atom is 0.125 e. The van der Waals surface area contributed by atoms with Gasteiger partial charge in [0, 0.05) is 6.07 Å². The van der Waals surface area contributed by atoms with E-state index in [0.29, 0.717) is 5.52 Å². The van der Waals surface area contributed by atoms with Gasteiger partial charge in [0.1, 0.15) is 11.3 Å². The highest BCUT2D eigenvalue weighted by molar-refractivity contribution is 5.76. The van der Waals surface area contributed by atoms with Crippen molar-refractivity contribution < 1.29 is 4.39 Å². The molecule has 3 rings (SSSR count). The summed E-state index contributed by atoms with van der Waals surface area (Å²) in [6.07, 6.45) is 0. The third kappa shape index (κ3) is 1.35. The number of nitrogens with zero attached hydrogens (tertiary/aromatic N) is 3. The molecule has 0 bridgehead atoms. The molecular weight excluding hydrogens is 205 g/mol. The van der Waals surface area contributed by atoms with Gasteiger partial charge in [0.25, 0.3) is 0 Å². The number of halogens is 1. The Bertz CT molecular complexity index is 631. The Morgan fingerprint density at radius 2 is 1.81 bits per heavy atom. The molecule has 1 heterocycles. The molecule has 4 heteroatoms. The summed E-state index contributed by atoms with van der Waals surface area (Å²) in [5.41, 5.74) is 2.27. The number of benzene rings is 2. The van der Waals surface area contributed by atoms with E-state index in [9.17, 15) is 4.39 Å². The van der Waals surface area contributed by atoms with Gasteiger partial charge in [-0.05, 0) is 24.3 Å². The second-order valence-corrected chi connectivity index (χ2v) is 3.47. The van der Waals surface area contributed by atoms with Gasteiger partial charge in [-0.15, -0.1) is 5.10 Å². The maximum absolute atomic E-state index is 13.0. The van der Waals surface area contributed by atoms with Crippen LogP contribution in [0.1, 0.15) is 0 Å². The van der Waals surface area contributed by atoms with Crippen LogP contribution in [0.5, 0.6) is 0 Å². The second-order valence-electron chi connectivity index (χ2n) is 3.47. The van der Waals surface area contributed by atoms with Crippen LogP contribution in [0.4, 0.5) is 4.39 Å². The molecule has 3 nitrogen and oxygen atoms in total. The van der Waals surface area contributed by atoms with Crippen LogP contribution in [0.2, 0.25) is 0 Å². The number of aromatic nitrogens is 3. The van der Waals surface area contributed by atoms with Crippen molar-refractivity contribution >= 4 is 11.0 Å². The van der Waals surface area contributed by atoms with Crippen LogP contribution < -0.4 is 0 Å². The molecular formula is C12H8FN3. The topological polar surface area (TPSA) is 30.7 Å². The molecule has 0 saturated heterocycles. The number of para-hydroxylation sites is 1. The van der Waals surface area contributed by atoms with Crippen molar-refractivity contribution in [1.82, 2.24) is 15.0 Å². The second kappa shape index (κ2) is 3.41. The molecule has 1 aromatic heterocycles. The van der Waals surface area contributed by atoms with Gasteiger partial charge in [0.15, 0.2) is 0 Å². The molecule has 3 aromatic rings. The van der Waals surface area contributed by atoms with E-state index in [-0.39, 0.29) is 5.82 Å². The molecule has 0 N–H and O–H groups in total. The lowest BCUT2D eigenvalue weighted by molar-refractivity contribution is 0.629. The maximum atomic E-state index is 13.0. The van der Waals surface area contributed by atoms with Crippen LogP contribution in [0.3, 0.4) is 0 Å². The third-order valence-electron chi connectivity index (χ3n) is 2.41. The van der Waals surface area contributed by atoms with Crippen molar-refractivity contribution in [3.63, 3.8) is 0 Å². The van der Waals surface area contributed by atoms with Crippen molar-refractivity contribution in [2.75, 3.05) is 0 Å². The van der Waals surface area contributed by atoms with Crippen LogP contribution in [-0.2, 0) is 0 Å². The normalized spacial score (nSPS) is 10.8. The molecule has 0 aliphatic carbocycles. The predicted octanol–water partition coefficient (Wildman–Crippen LogP) is 2.56. The fourth-order valence-electron chi connectivity index (χ4n) is 1.66. The number of rotatable bonds is 1. The molecule has 0 unspecified atom stereocenters. The van der Waals surface area contributed by atoms with Crippen LogP contribution in [0.25, 0.3) is 16.7 Å². The molecule has 0 saturated carbocycles. The summed E-state index contributed by atoms with van der Waals surface area (Å²) < 4.78 is 14.7.